The molecule has 8 heteroatoms. The Kier molecular flexibility index (Phi) is 18.3. The molecule has 1 aromatic heterocycles. The fraction of sp³-hybridized carbons (Fsp3) is 0.400. The maximum absolute atomic E-state index is 12.2. The van der Waals surface area contributed by atoms with Gasteiger partial charge in [-0.25, -0.2) is 9.97 Å². The Morgan fingerprint density at radius 3 is 2.13 bits per heavy atom. The van der Waals surface area contributed by atoms with Crippen molar-refractivity contribution < 1.29 is 9.53 Å². The van der Waals surface area contributed by atoms with Gasteiger partial charge in [0, 0.05) is 29.5 Å². The number of hydrogen-bond acceptors (Lipinski definition) is 5. The van der Waals surface area contributed by atoms with E-state index in [1.54, 1.807) is 36.7 Å². The predicted octanol–water partition coefficient (Wildman–Crippen LogP) is 8.35. The van der Waals surface area contributed by atoms with Gasteiger partial charge in [0.2, 0.25) is 5.82 Å². The van der Waals surface area contributed by atoms with Gasteiger partial charge in [-0.15, -0.1) is 0 Å². The molecule has 0 unspecified atom stereocenters. The number of ether oxygens (including phenoxy) is 1. The summed E-state index contributed by atoms with van der Waals surface area (Å²) in [5.41, 5.74) is 2.37. The summed E-state index contributed by atoms with van der Waals surface area (Å²) >= 11 is 11.4. The average molecular weight is 560 g/mol. The summed E-state index contributed by atoms with van der Waals surface area (Å²) in [7, 11) is 0. The van der Waals surface area contributed by atoms with E-state index in [9.17, 15) is 4.79 Å². The van der Waals surface area contributed by atoms with Crippen LogP contribution in [0.1, 0.15) is 82.0 Å². The number of allylic oxidation sites excluding steroid dienone is 4. The van der Waals surface area contributed by atoms with Crippen molar-refractivity contribution in [2.24, 2.45) is 0 Å². The van der Waals surface area contributed by atoms with Gasteiger partial charge in [0.25, 0.3) is 5.91 Å². The molecule has 0 bridgehead atoms. The van der Waals surface area contributed by atoms with E-state index in [1.165, 1.54) is 0 Å². The molecule has 206 valence electrons. The van der Waals surface area contributed by atoms with Crippen LogP contribution >= 0.6 is 23.2 Å². The molecule has 3 rings (SSSR count). The average Bonchev–Trinajstić information content (AvgIpc) is 2.92. The third-order valence-electron chi connectivity index (χ3n) is 5.10. The van der Waals surface area contributed by atoms with E-state index in [-0.39, 0.29) is 23.9 Å². The van der Waals surface area contributed by atoms with Crippen LogP contribution in [0.3, 0.4) is 0 Å². The molecule has 0 atom stereocenters. The summed E-state index contributed by atoms with van der Waals surface area (Å²) in [4.78, 5) is 20.3. The first-order chi connectivity index (χ1) is 18.1. The second-order valence-corrected chi connectivity index (χ2v) is 9.33. The number of aromatic nitrogens is 2. The fourth-order valence-electron chi connectivity index (χ4n) is 2.94. The molecule has 1 aliphatic carbocycles. The Balaban J connectivity index is 0.000000963. The predicted molar refractivity (Wildman–Crippen MR) is 159 cm³/mol. The minimum absolute atomic E-state index is 0.0720. The van der Waals surface area contributed by atoms with Crippen molar-refractivity contribution in [2.45, 2.75) is 79.4 Å². The highest BCUT2D eigenvalue weighted by molar-refractivity contribution is 6.31. The minimum Gasteiger partial charge on any atom is -0.490 e. The topological polar surface area (TPSA) is 87.9 Å². The minimum atomic E-state index is -0.242. The fourth-order valence-corrected chi connectivity index (χ4v) is 3.15. The lowest BCUT2D eigenvalue weighted by atomic mass is 9.93. The number of nitriles is 1. The van der Waals surface area contributed by atoms with Gasteiger partial charge in [-0.1, -0.05) is 67.9 Å². The largest absolute Gasteiger partial charge is 0.490 e. The number of aryl methyl sites for hydroxylation is 1. The molecule has 38 heavy (non-hydrogen) atoms. The van der Waals surface area contributed by atoms with Gasteiger partial charge in [-0.05, 0) is 71.1 Å². The van der Waals surface area contributed by atoms with Crippen LogP contribution in [-0.2, 0) is 0 Å². The van der Waals surface area contributed by atoms with Crippen molar-refractivity contribution in [2.75, 3.05) is 0 Å². The zero-order chi connectivity index (χ0) is 29.1. The van der Waals surface area contributed by atoms with Crippen LogP contribution < -0.4 is 10.1 Å². The third-order valence-corrected chi connectivity index (χ3v) is 5.63. The van der Waals surface area contributed by atoms with Crippen LogP contribution in [0.25, 0.3) is 0 Å². The van der Waals surface area contributed by atoms with Crippen molar-refractivity contribution in [3.8, 4) is 11.8 Å². The van der Waals surface area contributed by atoms with Gasteiger partial charge in [-0.2, -0.15) is 5.26 Å². The van der Waals surface area contributed by atoms with Gasteiger partial charge in [-0.3, -0.25) is 4.79 Å². The number of carbonyl (C=O) groups is 1. The summed E-state index contributed by atoms with van der Waals surface area (Å²) in [5.74, 6) is 0.615. The monoisotopic (exact) mass is 558 g/mol. The quantitative estimate of drug-likeness (QED) is 0.372. The molecule has 1 heterocycles. The van der Waals surface area contributed by atoms with Gasteiger partial charge in [0.1, 0.15) is 11.8 Å². The molecule has 0 spiro atoms. The molecule has 0 saturated heterocycles. The normalized spacial score (nSPS) is 15.9. The van der Waals surface area contributed by atoms with Crippen LogP contribution in [0.5, 0.6) is 5.75 Å². The van der Waals surface area contributed by atoms with E-state index in [1.807, 2.05) is 53.7 Å². The molecule has 1 aliphatic rings. The summed E-state index contributed by atoms with van der Waals surface area (Å²) in [6.07, 6.45) is 10.2. The lowest BCUT2D eigenvalue weighted by molar-refractivity contribution is 0.0883. The first-order valence-corrected chi connectivity index (χ1v) is 13.4. The highest BCUT2D eigenvalue weighted by Crippen LogP contribution is 2.27. The third kappa shape index (κ3) is 14.6. The van der Waals surface area contributed by atoms with Gasteiger partial charge in [0.05, 0.1) is 16.7 Å². The number of nitrogens with one attached hydrogen (secondary N) is 1. The molecule has 1 N–H and O–H groups in total. The Morgan fingerprint density at radius 2 is 1.71 bits per heavy atom. The number of halogens is 2. The molecular weight excluding hydrogens is 519 g/mol. The van der Waals surface area contributed by atoms with Crippen LogP contribution in [0.2, 0.25) is 5.02 Å². The van der Waals surface area contributed by atoms with E-state index in [4.69, 9.17) is 33.2 Å². The van der Waals surface area contributed by atoms with Crippen LogP contribution in [-0.4, -0.2) is 28.0 Å². The number of benzene rings is 1. The maximum atomic E-state index is 12.2. The van der Waals surface area contributed by atoms with Crippen molar-refractivity contribution in [1.29, 1.82) is 5.26 Å². The Bertz CT molecular complexity index is 1080. The molecular formula is C30H40Cl2N4O2. The lowest BCUT2D eigenvalue weighted by Gasteiger charge is -2.29. The van der Waals surface area contributed by atoms with Crippen molar-refractivity contribution >= 4 is 29.1 Å². The van der Waals surface area contributed by atoms with Gasteiger partial charge < -0.3 is 10.1 Å². The molecule has 1 aromatic carbocycles. The van der Waals surface area contributed by atoms with Gasteiger partial charge in [0.15, 0.2) is 0 Å². The summed E-state index contributed by atoms with van der Waals surface area (Å²) in [6, 6.07) is 7.21. The molecule has 0 aliphatic heterocycles. The number of rotatable bonds is 5. The van der Waals surface area contributed by atoms with E-state index in [0.717, 1.165) is 41.9 Å². The standard InChI is InChI=1S/C19H19ClN4O2.C5H8.C4H7Cl.C2H6/c1-12-10-22-18(23-11-12)19(25)24-14-3-6-15(7-4-14)26-16-5-2-13(9-21)17(20)8-16;1-4-5(2)3;1-3-4(2)5;1-2/h2,5,8,10-11,14-15H,3-4,6-7H2,1H3,(H,24,25);4H,1-2H2,3H3;3H,1-2H3;1-2H3/b;;4-3+;. The molecule has 1 fully saturated rings. The Morgan fingerprint density at radius 1 is 1.18 bits per heavy atom. The highest BCUT2D eigenvalue weighted by Gasteiger charge is 2.24. The van der Waals surface area contributed by atoms with Crippen LogP contribution in [0.4, 0.5) is 0 Å². The second kappa shape index (κ2) is 19.9. The number of nitrogens with zero attached hydrogens (tertiary/aromatic N) is 3. The van der Waals surface area contributed by atoms with E-state index >= 15 is 0 Å². The summed E-state index contributed by atoms with van der Waals surface area (Å²) < 4.78 is 5.96. The summed E-state index contributed by atoms with van der Waals surface area (Å²) in [6.45, 7) is 18.6. The first kappa shape index (κ1) is 34.9. The number of carbonyl (C=O) groups excluding carboxylic acids is 1. The Hall–Kier alpha value is -3.14. The smallest absolute Gasteiger partial charge is 0.289 e. The van der Waals surface area contributed by atoms with Crippen molar-refractivity contribution in [3.05, 3.63) is 88.5 Å². The number of hydrogen-bond donors (Lipinski definition) is 1. The lowest BCUT2D eigenvalue weighted by Crippen LogP contribution is -2.40. The van der Waals surface area contributed by atoms with Crippen LogP contribution in [0, 0.1) is 18.3 Å². The van der Waals surface area contributed by atoms with Gasteiger partial charge >= 0.3 is 0 Å². The van der Waals surface area contributed by atoms with E-state index in [2.05, 4.69) is 28.4 Å². The van der Waals surface area contributed by atoms with Crippen LogP contribution in [0.15, 0.2) is 66.5 Å². The maximum Gasteiger partial charge on any atom is 0.289 e. The molecule has 6 nitrogen and oxygen atoms in total. The Labute approximate surface area is 238 Å². The van der Waals surface area contributed by atoms with E-state index in [0.29, 0.717) is 16.3 Å². The molecule has 1 amide bonds. The summed E-state index contributed by atoms with van der Waals surface area (Å²) in [5, 5.41) is 13.1. The zero-order valence-corrected chi connectivity index (χ0v) is 24.9. The van der Waals surface area contributed by atoms with Crippen molar-refractivity contribution in [1.82, 2.24) is 15.3 Å². The SMILES string of the molecule is C/C=C(\C)Cl.C=CC(=C)C.CC.Cc1cnc(C(=O)NC2CCC(Oc3ccc(C#N)c(Cl)c3)CC2)nc1. The molecule has 2 aromatic rings. The first-order valence-electron chi connectivity index (χ1n) is 12.6. The van der Waals surface area contributed by atoms with E-state index < -0.39 is 0 Å². The molecule has 1 saturated carbocycles. The zero-order valence-electron chi connectivity index (χ0n) is 23.4. The van der Waals surface area contributed by atoms with Crippen molar-refractivity contribution in [3.63, 3.8) is 0 Å². The number of amides is 1. The highest BCUT2D eigenvalue weighted by atomic mass is 35.5. The molecule has 0 radical (unpaired) electrons. The second-order valence-electron chi connectivity index (χ2n) is 8.33.